The molecule has 0 radical (unpaired) electrons. The minimum atomic E-state index is -1.22. The molecule has 8 aromatic rings. The van der Waals surface area contributed by atoms with Gasteiger partial charge in [-0.1, -0.05) is 170 Å². The summed E-state index contributed by atoms with van der Waals surface area (Å²) in [6.45, 7) is 0. The molecule has 1 spiro atoms. The summed E-state index contributed by atoms with van der Waals surface area (Å²) in [7, 11) is 0. The van der Waals surface area contributed by atoms with Crippen molar-refractivity contribution in [2.24, 2.45) is 0 Å². The zero-order valence-electron chi connectivity index (χ0n) is 27.8. The molecule has 0 saturated carbocycles. The van der Waals surface area contributed by atoms with Gasteiger partial charge < -0.3 is 0 Å². The predicted molar refractivity (Wildman–Crippen MR) is 215 cm³/mol. The average molecular weight is 638 g/mol. The maximum absolute atomic E-state index is 2.29. The van der Waals surface area contributed by atoms with Crippen LogP contribution in [0.5, 0.6) is 0 Å². The molecule has 10 rings (SSSR count). The first-order valence-electron chi connectivity index (χ1n) is 17.5. The van der Waals surface area contributed by atoms with Crippen LogP contribution in [0.4, 0.5) is 22.7 Å². The monoisotopic (exact) mass is 637 g/mol. The molecule has 50 heavy (non-hydrogen) atoms. The zero-order chi connectivity index (χ0) is 33.4. The van der Waals surface area contributed by atoms with Gasteiger partial charge in [0.1, 0.15) is 6.15 Å². The predicted octanol–water partition coefficient (Wildman–Crippen LogP) is 10.0. The Balaban J connectivity index is 0.000000135. The summed E-state index contributed by atoms with van der Waals surface area (Å²) in [5.41, 5.74) is 16.1. The van der Waals surface area contributed by atoms with E-state index in [1.807, 2.05) is 0 Å². The quantitative estimate of drug-likeness (QED) is 0.133. The van der Waals surface area contributed by atoms with Gasteiger partial charge in [0, 0.05) is 24.3 Å². The molecule has 0 unspecified atom stereocenters. The lowest BCUT2D eigenvalue weighted by molar-refractivity contribution is 0.739. The normalized spacial score (nSPS) is 13.0. The van der Waals surface area contributed by atoms with Crippen LogP contribution < -0.4 is 26.3 Å². The van der Waals surface area contributed by atoms with Crippen LogP contribution in [0.15, 0.2) is 218 Å². The highest BCUT2D eigenvalue weighted by Crippen LogP contribution is 2.68. The molecule has 0 aromatic heterocycles. The largest absolute Gasteiger partial charge is 0.195 e. The molecule has 8 aromatic carbocycles. The maximum atomic E-state index is 2.29. The molecular formula is C48H36BN. The molecule has 0 saturated heterocycles. The number of hydrogen-bond acceptors (Lipinski definition) is 0. The van der Waals surface area contributed by atoms with E-state index < -0.39 is 6.15 Å². The lowest BCUT2D eigenvalue weighted by atomic mass is 9.13. The second-order valence-electron chi connectivity index (χ2n) is 13.2. The van der Waals surface area contributed by atoms with Crippen LogP contribution in [0.1, 0.15) is 0 Å². The van der Waals surface area contributed by atoms with Crippen molar-refractivity contribution < 1.29 is 0 Å². The highest BCUT2D eigenvalue weighted by atomic mass is 15.4. The Hall–Kier alpha value is -6.22. The number of nitrogens with zero attached hydrogens (tertiary/aromatic N) is 1. The molecule has 2 heterocycles. The number of benzene rings is 8. The van der Waals surface area contributed by atoms with Crippen molar-refractivity contribution in [3.8, 4) is 22.3 Å². The molecule has 0 atom stereocenters. The molecular weight excluding hydrogens is 601 g/mol. The van der Waals surface area contributed by atoms with Gasteiger partial charge in [0.2, 0.25) is 0 Å². The molecule has 2 aliphatic rings. The van der Waals surface area contributed by atoms with E-state index in [1.165, 1.54) is 66.9 Å². The van der Waals surface area contributed by atoms with Gasteiger partial charge in [0.15, 0.2) is 22.7 Å². The molecule has 2 aliphatic heterocycles. The first-order valence-corrected chi connectivity index (χ1v) is 17.5. The lowest BCUT2D eigenvalue weighted by Gasteiger charge is -2.44. The van der Waals surface area contributed by atoms with E-state index >= 15 is 0 Å². The van der Waals surface area contributed by atoms with Gasteiger partial charge in [-0.05, 0) is 24.3 Å². The molecule has 0 bridgehead atoms. The van der Waals surface area contributed by atoms with Crippen LogP contribution >= 0.6 is 0 Å². The van der Waals surface area contributed by atoms with E-state index in [1.54, 1.807) is 0 Å². The molecule has 0 fully saturated rings. The molecule has 2 heteroatoms. The first kappa shape index (κ1) is 29.9. The summed E-state index contributed by atoms with van der Waals surface area (Å²) in [6, 6.07) is 78.9. The molecule has 0 aliphatic carbocycles. The Morgan fingerprint density at radius 1 is 0.220 bits per heavy atom. The molecule has 0 amide bonds. The summed E-state index contributed by atoms with van der Waals surface area (Å²) in [5.74, 6) is 0. The second kappa shape index (κ2) is 12.3. The van der Waals surface area contributed by atoms with Crippen LogP contribution in [0.25, 0.3) is 22.3 Å². The van der Waals surface area contributed by atoms with Gasteiger partial charge >= 0.3 is 0 Å². The highest BCUT2D eigenvalue weighted by Gasteiger charge is 2.53. The fourth-order valence-electron chi connectivity index (χ4n) is 8.88. The van der Waals surface area contributed by atoms with Gasteiger partial charge in [-0.15, -0.1) is 0 Å². The van der Waals surface area contributed by atoms with E-state index in [9.17, 15) is 0 Å². The minimum Gasteiger partial charge on any atom is -0.195 e. The van der Waals surface area contributed by atoms with Crippen LogP contribution in [-0.2, 0) is 0 Å². The molecule has 0 N–H and O–H groups in total. The van der Waals surface area contributed by atoms with Crippen molar-refractivity contribution in [2.75, 3.05) is 0 Å². The fraction of sp³-hybridized carbons (Fsp3) is 0. The van der Waals surface area contributed by atoms with E-state index in [0.29, 0.717) is 4.48 Å². The topological polar surface area (TPSA) is 0 Å². The van der Waals surface area contributed by atoms with Crippen molar-refractivity contribution in [3.63, 3.8) is 0 Å². The summed E-state index contributed by atoms with van der Waals surface area (Å²) in [6.07, 6.45) is -1.22. The molecule has 1 nitrogen and oxygen atoms in total. The summed E-state index contributed by atoms with van der Waals surface area (Å²) in [5, 5.41) is 0. The SMILES string of the molecule is c1ccc([B-](c2ccccc2)(c2ccccc2)c2ccccc2)cc1.c1ccc2c(c1)-c1ccccc1[N+]21c2ccccc2-c2ccccc21. The van der Waals surface area contributed by atoms with E-state index in [2.05, 4.69) is 218 Å². The van der Waals surface area contributed by atoms with E-state index in [-0.39, 0.29) is 0 Å². The fourth-order valence-corrected chi connectivity index (χ4v) is 8.88. The Bertz CT molecular complexity index is 2070. The summed E-state index contributed by atoms with van der Waals surface area (Å²) >= 11 is 0. The Labute approximate surface area is 294 Å². The minimum absolute atomic E-state index is 0.707. The average Bonchev–Trinajstić information content (AvgIpc) is 3.68. The third-order valence-electron chi connectivity index (χ3n) is 10.8. The third kappa shape index (κ3) is 4.39. The van der Waals surface area contributed by atoms with E-state index in [4.69, 9.17) is 0 Å². The van der Waals surface area contributed by atoms with Gasteiger partial charge in [-0.25, -0.2) is 0 Å². The van der Waals surface area contributed by atoms with E-state index in [0.717, 1.165) is 0 Å². The summed E-state index contributed by atoms with van der Waals surface area (Å²) in [4.78, 5) is 0. The number of hydrogen-bond donors (Lipinski definition) is 0. The van der Waals surface area contributed by atoms with Gasteiger partial charge in [0.25, 0.3) is 0 Å². The van der Waals surface area contributed by atoms with Crippen molar-refractivity contribution in [3.05, 3.63) is 218 Å². The van der Waals surface area contributed by atoms with Crippen molar-refractivity contribution in [1.82, 2.24) is 4.48 Å². The number of quaternary nitrogens is 1. The van der Waals surface area contributed by atoms with Crippen LogP contribution in [0.3, 0.4) is 0 Å². The Morgan fingerprint density at radius 2 is 0.420 bits per heavy atom. The lowest BCUT2D eigenvalue weighted by Crippen LogP contribution is -2.74. The number of rotatable bonds is 4. The number of fused-ring (bicyclic) bond motifs is 10. The second-order valence-corrected chi connectivity index (χ2v) is 13.2. The van der Waals surface area contributed by atoms with Crippen LogP contribution in [0.2, 0.25) is 0 Å². The van der Waals surface area contributed by atoms with Crippen molar-refractivity contribution >= 4 is 50.7 Å². The zero-order valence-corrected chi connectivity index (χ0v) is 27.8. The van der Waals surface area contributed by atoms with Gasteiger partial charge in [0.05, 0.1) is 22.3 Å². The smallest absolute Gasteiger partial charge is 0.156 e. The van der Waals surface area contributed by atoms with Gasteiger partial charge in [-0.3, -0.25) is 0 Å². The standard InChI is InChI=1S/C24H20B.C24H16N/c1-5-13-21(14-6-1)25(22-15-7-2-8-16-22,23-17-9-3-10-18-23)24-19-11-4-12-20-24;1-5-13-21-17(9-1)18-10-2-6-14-22(18)25(21)23-15-7-3-11-19(23)20-12-4-8-16-24(20)25/h1-20H;1-16H/q-1;+1. The first-order chi connectivity index (χ1) is 24.8. The Morgan fingerprint density at radius 3 is 0.660 bits per heavy atom. The summed E-state index contributed by atoms with van der Waals surface area (Å²) < 4.78 is 0.707. The highest BCUT2D eigenvalue weighted by molar-refractivity contribution is 7.19. The van der Waals surface area contributed by atoms with Crippen molar-refractivity contribution in [1.29, 1.82) is 0 Å². The van der Waals surface area contributed by atoms with Crippen LogP contribution in [0, 0.1) is 0 Å². The number of para-hydroxylation sites is 4. The third-order valence-corrected chi connectivity index (χ3v) is 10.8. The van der Waals surface area contributed by atoms with Crippen molar-refractivity contribution in [2.45, 2.75) is 0 Å². The maximum Gasteiger partial charge on any atom is 0.156 e. The van der Waals surface area contributed by atoms with Gasteiger partial charge in [-0.2, -0.15) is 26.3 Å². The Kier molecular flexibility index (Phi) is 7.38. The molecule has 236 valence electrons. The van der Waals surface area contributed by atoms with Crippen LogP contribution in [-0.4, -0.2) is 6.15 Å².